The van der Waals surface area contributed by atoms with Gasteiger partial charge in [-0.1, -0.05) is 12.1 Å². The minimum absolute atomic E-state index is 0.137. The average Bonchev–Trinajstić information content (AvgIpc) is 3.11. The van der Waals surface area contributed by atoms with Crippen molar-refractivity contribution in [2.24, 2.45) is 0 Å². The van der Waals surface area contributed by atoms with Gasteiger partial charge in [-0.25, -0.2) is 9.67 Å². The molecule has 0 spiro atoms. The molecule has 0 aliphatic carbocycles. The molecule has 0 radical (unpaired) electrons. The van der Waals surface area contributed by atoms with Crippen LogP contribution in [0.1, 0.15) is 28.8 Å². The molecule has 1 aromatic carbocycles. The Labute approximate surface area is 111 Å². The molecule has 5 heteroatoms. The summed E-state index contributed by atoms with van der Waals surface area (Å²) in [5, 5.41) is 4.07. The van der Waals surface area contributed by atoms with Crippen molar-refractivity contribution < 1.29 is 4.79 Å². The highest BCUT2D eigenvalue weighted by atomic mass is 16.2. The SMILES string of the molecule is O=C(c1cccc(Cn2cncn2)c1)N1CCCC1. The fraction of sp³-hybridized carbons (Fsp3) is 0.357. The summed E-state index contributed by atoms with van der Waals surface area (Å²) in [6, 6.07) is 7.76. The lowest BCUT2D eigenvalue weighted by Crippen LogP contribution is -2.27. The van der Waals surface area contributed by atoms with Crippen molar-refractivity contribution in [3.63, 3.8) is 0 Å². The van der Waals surface area contributed by atoms with E-state index < -0.39 is 0 Å². The van der Waals surface area contributed by atoms with Crippen LogP contribution in [0, 0.1) is 0 Å². The van der Waals surface area contributed by atoms with Crippen molar-refractivity contribution in [2.45, 2.75) is 19.4 Å². The zero-order valence-corrected chi connectivity index (χ0v) is 10.7. The molecule has 0 N–H and O–H groups in total. The van der Waals surface area contributed by atoms with Crippen molar-refractivity contribution in [3.05, 3.63) is 48.0 Å². The highest BCUT2D eigenvalue weighted by Gasteiger charge is 2.19. The van der Waals surface area contributed by atoms with Crippen LogP contribution < -0.4 is 0 Å². The molecular weight excluding hydrogens is 240 g/mol. The van der Waals surface area contributed by atoms with Gasteiger partial charge < -0.3 is 4.90 Å². The Morgan fingerprint density at radius 1 is 1.26 bits per heavy atom. The summed E-state index contributed by atoms with van der Waals surface area (Å²) in [4.78, 5) is 18.1. The number of aromatic nitrogens is 3. The molecule has 1 amide bonds. The van der Waals surface area contributed by atoms with E-state index in [1.54, 1.807) is 11.0 Å². The third-order valence-electron chi connectivity index (χ3n) is 3.38. The fourth-order valence-electron chi connectivity index (χ4n) is 2.41. The van der Waals surface area contributed by atoms with E-state index in [4.69, 9.17) is 0 Å². The van der Waals surface area contributed by atoms with Crippen molar-refractivity contribution in [2.75, 3.05) is 13.1 Å². The maximum Gasteiger partial charge on any atom is 0.253 e. The summed E-state index contributed by atoms with van der Waals surface area (Å²) in [5.41, 5.74) is 1.83. The van der Waals surface area contributed by atoms with Gasteiger partial charge >= 0.3 is 0 Å². The average molecular weight is 256 g/mol. The summed E-state index contributed by atoms with van der Waals surface area (Å²) < 4.78 is 1.75. The second-order valence-electron chi connectivity index (χ2n) is 4.79. The van der Waals surface area contributed by atoms with Gasteiger partial charge in [-0.2, -0.15) is 5.10 Å². The van der Waals surface area contributed by atoms with Gasteiger partial charge in [-0.15, -0.1) is 0 Å². The molecule has 1 saturated heterocycles. The zero-order valence-electron chi connectivity index (χ0n) is 10.7. The molecule has 3 rings (SSSR count). The van der Waals surface area contributed by atoms with E-state index in [1.165, 1.54) is 6.33 Å². The Bertz CT molecular complexity index is 559. The lowest BCUT2D eigenvalue weighted by molar-refractivity contribution is 0.0792. The highest BCUT2D eigenvalue weighted by Crippen LogP contribution is 2.14. The van der Waals surface area contributed by atoms with Gasteiger partial charge in [-0.3, -0.25) is 4.79 Å². The molecule has 98 valence electrons. The molecule has 19 heavy (non-hydrogen) atoms. The van der Waals surface area contributed by atoms with Crippen molar-refractivity contribution in [3.8, 4) is 0 Å². The van der Waals surface area contributed by atoms with Gasteiger partial charge in [0, 0.05) is 18.7 Å². The van der Waals surface area contributed by atoms with Gasteiger partial charge in [-0.05, 0) is 30.5 Å². The number of amides is 1. The molecule has 1 aliphatic heterocycles. The maximum absolute atomic E-state index is 12.3. The normalized spacial score (nSPS) is 14.8. The van der Waals surface area contributed by atoms with E-state index >= 15 is 0 Å². The minimum atomic E-state index is 0.137. The van der Waals surface area contributed by atoms with Crippen LogP contribution in [0.5, 0.6) is 0 Å². The quantitative estimate of drug-likeness (QED) is 0.837. The lowest BCUT2D eigenvalue weighted by Gasteiger charge is -2.15. The predicted octanol–water partition coefficient (Wildman–Crippen LogP) is 1.56. The molecule has 0 atom stereocenters. The summed E-state index contributed by atoms with van der Waals surface area (Å²) in [6.45, 7) is 2.40. The van der Waals surface area contributed by atoms with Gasteiger partial charge in [0.2, 0.25) is 0 Å². The number of hydrogen-bond donors (Lipinski definition) is 0. The van der Waals surface area contributed by atoms with Crippen LogP contribution >= 0.6 is 0 Å². The number of benzene rings is 1. The van der Waals surface area contributed by atoms with E-state index in [2.05, 4.69) is 10.1 Å². The van der Waals surface area contributed by atoms with E-state index in [-0.39, 0.29) is 5.91 Å². The van der Waals surface area contributed by atoms with Crippen LogP contribution in [0.4, 0.5) is 0 Å². The Kier molecular flexibility index (Phi) is 3.27. The third kappa shape index (κ3) is 2.65. The Morgan fingerprint density at radius 2 is 2.11 bits per heavy atom. The van der Waals surface area contributed by atoms with Crippen LogP contribution in [0.15, 0.2) is 36.9 Å². The van der Waals surface area contributed by atoms with Gasteiger partial charge in [0.05, 0.1) is 6.54 Å². The number of hydrogen-bond acceptors (Lipinski definition) is 3. The lowest BCUT2D eigenvalue weighted by atomic mass is 10.1. The highest BCUT2D eigenvalue weighted by molar-refractivity contribution is 5.94. The summed E-state index contributed by atoms with van der Waals surface area (Å²) in [7, 11) is 0. The summed E-state index contributed by atoms with van der Waals surface area (Å²) >= 11 is 0. The number of likely N-dealkylation sites (tertiary alicyclic amines) is 1. The molecule has 2 heterocycles. The first-order valence-electron chi connectivity index (χ1n) is 6.53. The van der Waals surface area contributed by atoms with Crippen molar-refractivity contribution in [1.82, 2.24) is 19.7 Å². The minimum Gasteiger partial charge on any atom is -0.339 e. The molecule has 0 unspecified atom stereocenters. The van der Waals surface area contributed by atoms with Crippen molar-refractivity contribution in [1.29, 1.82) is 0 Å². The monoisotopic (exact) mass is 256 g/mol. The molecular formula is C14H16N4O. The van der Waals surface area contributed by atoms with Gasteiger partial charge in [0.25, 0.3) is 5.91 Å². The van der Waals surface area contributed by atoms with Crippen LogP contribution in [0.3, 0.4) is 0 Å². The van der Waals surface area contributed by atoms with Crippen LogP contribution in [0.2, 0.25) is 0 Å². The molecule has 5 nitrogen and oxygen atoms in total. The van der Waals surface area contributed by atoms with Crippen molar-refractivity contribution >= 4 is 5.91 Å². The molecule has 0 bridgehead atoms. The number of carbonyl (C=O) groups is 1. The van der Waals surface area contributed by atoms with E-state index in [0.29, 0.717) is 6.54 Å². The number of nitrogens with zero attached hydrogens (tertiary/aromatic N) is 4. The Morgan fingerprint density at radius 3 is 2.84 bits per heavy atom. The Hall–Kier alpha value is -2.17. The van der Waals surface area contributed by atoms with Gasteiger partial charge in [0.15, 0.2) is 0 Å². The molecule has 0 saturated carbocycles. The Balaban J connectivity index is 1.77. The predicted molar refractivity (Wildman–Crippen MR) is 70.7 cm³/mol. The summed E-state index contributed by atoms with van der Waals surface area (Å²) in [5.74, 6) is 0.137. The molecule has 1 fully saturated rings. The number of rotatable bonds is 3. The first kappa shape index (κ1) is 11.9. The standard InChI is InChI=1S/C14H16N4O/c19-14(17-6-1-2-7-17)13-5-3-4-12(8-13)9-18-11-15-10-16-18/h3-5,8,10-11H,1-2,6-7,9H2. The molecule has 1 aliphatic rings. The maximum atomic E-state index is 12.3. The summed E-state index contributed by atoms with van der Waals surface area (Å²) in [6.07, 6.45) is 5.42. The van der Waals surface area contributed by atoms with E-state index in [9.17, 15) is 4.79 Å². The third-order valence-corrected chi connectivity index (χ3v) is 3.38. The van der Waals surface area contributed by atoms with E-state index in [0.717, 1.165) is 37.1 Å². The fourth-order valence-corrected chi connectivity index (χ4v) is 2.41. The second kappa shape index (κ2) is 5.22. The smallest absolute Gasteiger partial charge is 0.253 e. The second-order valence-corrected chi connectivity index (χ2v) is 4.79. The topological polar surface area (TPSA) is 51.0 Å². The van der Waals surface area contributed by atoms with Gasteiger partial charge in [0.1, 0.15) is 12.7 Å². The van der Waals surface area contributed by atoms with E-state index in [1.807, 2.05) is 29.2 Å². The largest absolute Gasteiger partial charge is 0.339 e. The molecule has 1 aromatic heterocycles. The van der Waals surface area contributed by atoms with Crippen LogP contribution in [0.25, 0.3) is 0 Å². The first-order valence-corrected chi connectivity index (χ1v) is 6.53. The first-order chi connectivity index (χ1) is 9.33. The number of carbonyl (C=O) groups excluding carboxylic acids is 1. The zero-order chi connectivity index (χ0) is 13.1. The van der Waals surface area contributed by atoms with Crippen LogP contribution in [-0.4, -0.2) is 38.7 Å². The molecule has 2 aromatic rings. The van der Waals surface area contributed by atoms with Crippen LogP contribution in [-0.2, 0) is 6.54 Å².